The van der Waals surface area contributed by atoms with Crippen molar-refractivity contribution in [3.05, 3.63) is 124 Å². The van der Waals surface area contributed by atoms with Gasteiger partial charge in [-0.1, -0.05) is 90.1 Å². The zero-order chi connectivity index (χ0) is 28.8. The van der Waals surface area contributed by atoms with Crippen LogP contribution >= 0.6 is 11.3 Å². The molecule has 2 heteroatoms. The van der Waals surface area contributed by atoms with Crippen molar-refractivity contribution in [1.29, 1.82) is 0 Å². The molecule has 0 unspecified atom stereocenters. The Morgan fingerprint density at radius 2 is 0.929 bits per heavy atom. The Labute approximate surface area is 251 Å². The summed E-state index contributed by atoms with van der Waals surface area (Å²) in [5.41, 5.74) is 19.2. The Kier molecular flexibility index (Phi) is 4.49. The van der Waals surface area contributed by atoms with E-state index in [4.69, 9.17) is 4.98 Å². The highest BCUT2D eigenvalue weighted by molar-refractivity contribution is 7.21. The maximum atomic E-state index is 4.97. The van der Waals surface area contributed by atoms with E-state index in [2.05, 4.69) is 133 Å². The summed E-state index contributed by atoms with van der Waals surface area (Å²) in [5.74, 6) is 0. The lowest BCUT2D eigenvalue weighted by Gasteiger charge is -2.24. The van der Waals surface area contributed by atoms with Crippen LogP contribution in [0.5, 0.6) is 0 Å². The third kappa shape index (κ3) is 2.91. The summed E-state index contributed by atoms with van der Waals surface area (Å²) in [7, 11) is 0. The minimum absolute atomic E-state index is 0.00286. The number of aromatic nitrogens is 1. The van der Waals surface area contributed by atoms with E-state index in [1.54, 1.807) is 11.3 Å². The molecule has 6 aromatic rings. The van der Waals surface area contributed by atoms with Crippen LogP contribution in [0.1, 0.15) is 74.9 Å². The molecule has 0 amide bonds. The summed E-state index contributed by atoms with van der Waals surface area (Å²) in [6.07, 6.45) is 0. The molecule has 0 atom stereocenters. The van der Waals surface area contributed by atoms with E-state index in [-0.39, 0.29) is 16.2 Å². The predicted molar refractivity (Wildman–Crippen MR) is 178 cm³/mol. The molecule has 0 bridgehead atoms. The zero-order valence-corrected chi connectivity index (χ0v) is 25.8. The second-order valence-electron chi connectivity index (χ2n) is 14.1. The van der Waals surface area contributed by atoms with Gasteiger partial charge in [0, 0.05) is 21.8 Å². The van der Waals surface area contributed by atoms with Gasteiger partial charge in [-0.3, -0.25) is 0 Å². The van der Waals surface area contributed by atoms with E-state index >= 15 is 0 Å². The normalized spacial score (nSPS) is 17.4. The molecule has 0 saturated carbocycles. The molecule has 1 heterocycles. The van der Waals surface area contributed by atoms with Crippen LogP contribution in [0.25, 0.3) is 54.2 Å². The summed E-state index contributed by atoms with van der Waals surface area (Å²) in [5, 5.41) is 1.10. The molecule has 42 heavy (non-hydrogen) atoms. The maximum Gasteiger partial charge on any atom is 0.124 e. The van der Waals surface area contributed by atoms with Gasteiger partial charge in [0.25, 0.3) is 0 Å². The quantitative estimate of drug-likeness (QED) is 0.195. The SMILES string of the molecule is CC1(C)c2ccccc2-c2cc3c(cc21)-c1cc2c(cc1C3(C)C)-c1ccc(-c3nc4ccccc4s3)cc1C2(C)C. The summed E-state index contributed by atoms with van der Waals surface area (Å²) < 4.78 is 1.24. The highest BCUT2D eigenvalue weighted by atomic mass is 32.1. The topological polar surface area (TPSA) is 12.9 Å². The monoisotopic (exact) mass is 559 g/mol. The molecule has 0 spiro atoms. The summed E-state index contributed by atoms with van der Waals surface area (Å²) in [6, 6.07) is 34.6. The standard InChI is InChI=1S/C40H33NS/c1-38(2)29-12-8-7-11-23(29)25-18-33-27(20-31(25)38)28-21-32-26(19-34(28)40(33,5)6)24-16-15-22(17-30(24)39(32,3)4)37-41-35-13-9-10-14-36(35)42-37/h7-21H,1-6H3. The number of hydrogen-bond acceptors (Lipinski definition) is 2. The molecule has 0 fully saturated rings. The van der Waals surface area contributed by atoms with Crippen LogP contribution in [0.15, 0.2) is 91.0 Å². The van der Waals surface area contributed by atoms with E-state index in [1.807, 2.05) is 0 Å². The largest absolute Gasteiger partial charge is 0.236 e. The van der Waals surface area contributed by atoms with Crippen LogP contribution in [0.3, 0.4) is 0 Å². The fourth-order valence-corrected chi connectivity index (χ4v) is 9.24. The molecule has 3 aliphatic carbocycles. The number of fused-ring (bicyclic) bond motifs is 10. The van der Waals surface area contributed by atoms with Crippen LogP contribution in [-0.4, -0.2) is 4.98 Å². The predicted octanol–water partition coefficient (Wildman–Crippen LogP) is 10.9. The Balaban J connectivity index is 1.22. The van der Waals surface area contributed by atoms with Crippen LogP contribution in [0, 0.1) is 0 Å². The molecule has 0 radical (unpaired) electrons. The third-order valence-electron chi connectivity index (χ3n) is 10.7. The second kappa shape index (κ2) is 7.68. The van der Waals surface area contributed by atoms with Crippen molar-refractivity contribution < 1.29 is 0 Å². The summed E-state index contributed by atoms with van der Waals surface area (Å²) >= 11 is 1.78. The fraction of sp³-hybridized carbons (Fsp3) is 0.225. The minimum atomic E-state index is -0.0917. The van der Waals surface area contributed by atoms with Gasteiger partial charge in [-0.2, -0.15) is 0 Å². The number of hydrogen-bond donors (Lipinski definition) is 0. The summed E-state index contributed by atoms with van der Waals surface area (Å²) in [4.78, 5) is 4.97. The van der Waals surface area contributed by atoms with Gasteiger partial charge in [0.2, 0.25) is 0 Å². The molecule has 0 saturated heterocycles. The van der Waals surface area contributed by atoms with E-state index in [0.717, 1.165) is 10.5 Å². The lowest BCUT2D eigenvalue weighted by molar-refractivity contribution is 0.649. The molecule has 1 aromatic heterocycles. The van der Waals surface area contributed by atoms with Crippen molar-refractivity contribution in [2.45, 2.75) is 57.8 Å². The van der Waals surface area contributed by atoms with E-state index in [1.165, 1.54) is 77.0 Å². The molecule has 204 valence electrons. The van der Waals surface area contributed by atoms with E-state index < -0.39 is 0 Å². The first-order chi connectivity index (χ1) is 20.1. The first kappa shape index (κ1) is 24.6. The lowest BCUT2D eigenvalue weighted by atomic mass is 9.78. The van der Waals surface area contributed by atoms with Gasteiger partial charge in [-0.15, -0.1) is 11.3 Å². The van der Waals surface area contributed by atoms with Gasteiger partial charge in [0.1, 0.15) is 5.01 Å². The molecular weight excluding hydrogens is 527 g/mol. The number of nitrogens with zero attached hydrogens (tertiary/aromatic N) is 1. The van der Waals surface area contributed by atoms with Crippen molar-refractivity contribution >= 4 is 21.6 Å². The highest BCUT2D eigenvalue weighted by Gasteiger charge is 2.44. The van der Waals surface area contributed by atoms with Crippen molar-refractivity contribution in [3.63, 3.8) is 0 Å². The fourth-order valence-electron chi connectivity index (χ4n) is 8.28. The van der Waals surface area contributed by atoms with Crippen LogP contribution in [-0.2, 0) is 16.2 Å². The molecule has 5 aromatic carbocycles. The van der Waals surface area contributed by atoms with Crippen molar-refractivity contribution in [1.82, 2.24) is 4.98 Å². The number of benzene rings is 5. The molecule has 0 aliphatic heterocycles. The highest BCUT2D eigenvalue weighted by Crippen LogP contribution is 2.59. The van der Waals surface area contributed by atoms with Crippen molar-refractivity contribution in [3.8, 4) is 44.0 Å². The van der Waals surface area contributed by atoms with Gasteiger partial charge < -0.3 is 0 Å². The second-order valence-corrected chi connectivity index (χ2v) is 15.1. The number of rotatable bonds is 1. The van der Waals surface area contributed by atoms with Crippen LogP contribution in [0.2, 0.25) is 0 Å². The Bertz CT molecular complexity index is 2140. The molecule has 3 aliphatic rings. The van der Waals surface area contributed by atoms with Gasteiger partial charge in [0.15, 0.2) is 0 Å². The molecule has 9 rings (SSSR count). The smallest absolute Gasteiger partial charge is 0.124 e. The molecule has 1 nitrogen and oxygen atoms in total. The lowest BCUT2D eigenvalue weighted by Crippen LogP contribution is -2.17. The Morgan fingerprint density at radius 3 is 1.55 bits per heavy atom. The molecular formula is C40H33NS. The van der Waals surface area contributed by atoms with Crippen molar-refractivity contribution in [2.24, 2.45) is 0 Å². The number of para-hydroxylation sites is 1. The first-order valence-corrected chi connectivity index (χ1v) is 15.9. The molecule has 0 N–H and O–H groups in total. The van der Waals surface area contributed by atoms with Gasteiger partial charge in [-0.25, -0.2) is 4.98 Å². The average Bonchev–Trinajstić information content (AvgIpc) is 3.64. The zero-order valence-electron chi connectivity index (χ0n) is 25.0. The van der Waals surface area contributed by atoms with Crippen molar-refractivity contribution in [2.75, 3.05) is 0 Å². The number of thiazole rings is 1. The Hall–Kier alpha value is -4.01. The summed E-state index contributed by atoms with van der Waals surface area (Å²) in [6.45, 7) is 14.4. The first-order valence-electron chi connectivity index (χ1n) is 15.1. The van der Waals surface area contributed by atoms with E-state index in [9.17, 15) is 0 Å². The van der Waals surface area contributed by atoms with Crippen LogP contribution in [0.4, 0.5) is 0 Å². The van der Waals surface area contributed by atoms with Gasteiger partial charge in [-0.05, 0) is 109 Å². The van der Waals surface area contributed by atoms with Gasteiger partial charge in [0.05, 0.1) is 10.2 Å². The van der Waals surface area contributed by atoms with Gasteiger partial charge >= 0.3 is 0 Å². The Morgan fingerprint density at radius 1 is 0.452 bits per heavy atom. The van der Waals surface area contributed by atoms with E-state index in [0.29, 0.717) is 0 Å². The minimum Gasteiger partial charge on any atom is -0.236 e. The third-order valence-corrected chi connectivity index (χ3v) is 11.8. The average molecular weight is 560 g/mol. The maximum absolute atomic E-state index is 4.97. The van der Waals surface area contributed by atoms with Crippen LogP contribution < -0.4 is 0 Å².